The summed E-state index contributed by atoms with van der Waals surface area (Å²) in [5.74, 6) is 0. The van der Waals surface area contributed by atoms with E-state index in [-0.39, 0.29) is 0 Å². The van der Waals surface area contributed by atoms with Crippen LogP contribution in [0.4, 0.5) is 0 Å². The molecule has 0 aliphatic heterocycles. The van der Waals surface area contributed by atoms with Crippen molar-refractivity contribution in [3.63, 3.8) is 0 Å². The summed E-state index contributed by atoms with van der Waals surface area (Å²) in [4.78, 5) is 0. The van der Waals surface area contributed by atoms with E-state index in [1.54, 1.807) is 0 Å². The van der Waals surface area contributed by atoms with Gasteiger partial charge in [-0.1, -0.05) is 31.0 Å². The molecule has 0 saturated heterocycles. The molecule has 2 heteroatoms. The molecule has 1 aromatic carbocycles. The number of hydrogen-bond acceptors (Lipinski definition) is 1. The molecule has 1 aromatic heterocycles. The molecule has 0 radical (unpaired) electrons. The third kappa shape index (κ3) is 1.76. The number of rotatable bonds is 3. The van der Waals surface area contributed by atoms with E-state index in [0.29, 0.717) is 6.04 Å². The van der Waals surface area contributed by atoms with E-state index in [4.69, 9.17) is 5.73 Å². The maximum Gasteiger partial charge on any atom is 0.0487 e. The SMILES string of the molecule is Cc1c(CCN)c2ccccc2n1C1CCCC1. The fraction of sp³-hybridized carbons (Fsp3) is 0.500. The maximum atomic E-state index is 5.77. The highest BCUT2D eigenvalue weighted by Crippen LogP contribution is 2.36. The molecular formula is C16H22N2. The lowest BCUT2D eigenvalue weighted by molar-refractivity contribution is 0.523. The average Bonchev–Trinajstić information content (AvgIpc) is 2.98. The Hall–Kier alpha value is -1.28. The molecule has 2 nitrogen and oxygen atoms in total. The van der Waals surface area contributed by atoms with Crippen molar-refractivity contribution < 1.29 is 0 Å². The summed E-state index contributed by atoms with van der Waals surface area (Å²) in [6.07, 6.45) is 6.42. The third-order valence-corrected chi connectivity index (χ3v) is 4.37. The molecule has 1 aliphatic carbocycles. The van der Waals surface area contributed by atoms with E-state index in [1.165, 1.54) is 47.8 Å². The Labute approximate surface area is 109 Å². The van der Waals surface area contributed by atoms with Crippen molar-refractivity contribution in [1.29, 1.82) is 0 Å². The molecule has 2 aromatic rings. The molecule has 0 spiro atoms. The molecule has 0 atom stereocenters. The van der Waals surface area contributed by atoms with Gasteiger partial charge in [-0.15, -0.1) is 0 Å². The van der Waals surface area contributed by atoms with Crippen LogP contribution in [-0.4, -0.2) is 11.1 Å². The highest BCUT2D eigenvalue weighted by molar-refractivity contribution is 5.85. The summed E-state index contributed by atoms with van der Waals surface area (Å²) in [7, 11) is 0. The minimum atomic E-state index is 0.710. The summed E-state index contributed by atoms with van der Waals surface area (Å²) in [5, 5.41) is 1.41. The normalized spacial score (nSPS) is 16.8. The van der Waals surface area contributed by atoms with Gasteiger partial charge in [-0.2, -0.15) is 0 Å². The van der Waals surface area contributed by atoms with E-state index in [2.05, 4.69) is 35.8 Å². The average molecular weight is 242 g/mol. The standard InChI is InChI=1S/C16H22N2/c1-12-14(10-11-17)15-8-4-5-9-16(15)18(12)13-6-2-3-7-13/h4-5,8-9,13H,2-3,6-7,10-11,17H2,1H3. The van der Waals surface area contributed by atoms with E-state index in [0.717, 1.165) is 13.0 Å². The van der Waals surface area contributed by atoms with Gasteiger partial charge in [-0.25, -0.2) is 0 Å². The Bertz CT molecular complexity index is 547. The Morgan fingerprint density at radius 3 is 2.67 bits per heavy atom. The van der Waals surface area contributed by atoms with Gasteiger partial charge < -0.3 is 10.3 Å². The van der Waals surface area contributed by atoms with Crippen LogP contribution in [0.1, 0.15) is 43.0 Å². The van der Waals surface area contributed by atoms with Crippen LogP contribution in [0.3, 0.4) is 0 Å². The highest BCUT2D eigenvalue weighted by Gasteiger charge is 2.22. The smallest absolute Gasteiger partial charge is 0.0487 e. The summed E-state index contributed by atoms with van der Waals surface area (Å²) in [5.41, 5.74) is 10.1. The summed E-state index contributed by atoms with van der Waals surface area (Å²) >= 11 is 0. The van der Waals surface area contributed by atoms with Gasteiger partial charge in [0.05, 0.1) is 0 Å². The van der Waals surface area contributed by atoms with Crippen molar-refractivity contribution in [1.82, 2.24) is 4.57 Å². The van der Waals surface area contributed by atoms with E-state index in [9.17, 15) is 0 Å². The van der Waals surface area contributed by atoms with Crippen LogP contribution in [0.5, 0.6) is 0 Å². The molecule has 1 fully saturated rings. The number of hydrogen-bond donors (Lipinski definition) is 1. The van der Waals surface area contributed by atoms with Gasteiger partial charge in [-0.3, -0.25) is 0 Å². The third-order valence-electron chi connectivity index (χ3n) is 4.37. The second-order valence-corrected chi connectivity index (χ2v) is 5.43. The topological polar surface area (TPSA) is 30.9 Å². The van der Waals surface area contributed by atoms with E-state index < -0.39 is 0 Å². The molecule has 3 rings (SSSR count). The van der Waals surface area contributed by atoms with Crippen LogP contribution in [-0.2, 0) is 6.42 Å². The molecule has 0 unspecified atom stereocenters. The quantitative estimate of drug-likeness (QED) is 0.876. The van der Waals surface area contributed by atoms with Gasteiger partial charge in [0.15, 0.2) is 0 Å². The van der Waals surface area contributed by atoms with Crippen LogP contribution < -0.4 is 5.73 Å². The zero-order chi connectivity index (χ0) is 12.5. The number of fused-ring (bicyclic) bond motifs is 1. The highest BCUT2D eigenvalue weighted by atomic mass is 15.0. The first-order chi connectivity index (χ1) is 8.83. The van der Waals surface area contributed by atoms with Crippen molar-refractivity contribution in [2.24, 2.45) is 5.73 Å². The summed E-state index contributed by atoms with van der Waals surface area (Å²) < 4.78 is 2.58. The van der Waals surface area contributed by atoms with Gasteiger partial charge in [0.2, 0.25) is 0 Å². The van der Waals surface area contributed by atoms with Crippen molar-refractivity contribution in [2.45, 2.75) is 45.1 Å². The monoisotopic (exact) mass is 242 g/mol. The number of para-hydroxylation sites is 1. The van der Waals surface area contributed by atoms with Gasteiger partial charge in [-0.05, 0) is 44.4 Å². The predicted molar refractivity (Wildman–Crippen MR) is 76.9 cm³/mol. The van der Waals surface area contributed by atoms with Crippen molar-refractivity contribution in [3.05, 3.63) is 35.5 Å². The number of nitrogens with two attached hydrogens (primary N) is 1. The first-order valence-corrected chi connectivity index (χ1v) is 7.11. The zero-order valence-electron chi connectivity index (χ0n) is 11.2. The predicted octanol–water partition coefficient (Wildman–Crippen LogP) is 3.57. The van der Waals surface area contributed by atoms with Crippen LogP contribution in [0.2, 0.25) is 0 Å². The number of aromatic nitrogens is 1. The first-order valence-electron chi connectivity index (χ1n) is 7.11. The second kappa shape index (κ2) is 4.77. The zero-order valence-corrected chi connectivity index (χ0v) is 11.2. The molecule has 2 N–H and O–H groups in total. The van der Waals surface area contributed by atoms with Crippen molar-refractivity contribution in [3.8, 4) is 0 Å². The maximum absolute atomic E-state index is 5.77. The lowest BCUT2D eigenvalue weighted by Crippen LogP contribution is -2.08. The second-order valence-electron chi connectivity index (χ2n) is 5.43. The fourth-order valence-corrected chi connectivity index (χ4v) is 3.55. The molecule has 0 bridgehead atoms. The summed E-state index contributed by atoms with van der Waals surface area (Å²) in [6, 6.07) is 9.51. The Balaban J connectivity index is 2.20. The lowest BCUT2D eigenvalue weighted by atomic mass is 10.1. The van der Waals surface area contributed by atoms with Crippen molar-refractivity contribution >= 4 is 10.9 Å². The molecule has 18 heavy (non-hydrogen) atoms. The molecule has 0 amide bonds. The van der Waals surface area contributed by atoms with Gasteiger partial charge >= 0.3 is 0 Å². The minimum absolute atomic E-state index is 0.710. The van der Waals surface area contributed by atoms with Gasteiger partial charge in [0.1, 0.15) is 0 Å². The van der Waals surface area contributed by atoms with Crippen LogP contribution >= 0.6 is 0 Å². The fourth-order valence-electron chi connectivity index (χ4n) is 3.55. The number of nitrogens with zero attached hydrogens (tertiary/aromatic N) is 1. The number of benzene rings is 1. The molecule has 96 valence electrons. The minimum Gasteiger partial charge on any atom is -0.342 e. The van der Waals surface area contributed by atoms with Crippen LogP contribution in [0, 0.1) is 6.92 Å². The molecule has 1 saturated carbocycles. The lowest BCUT2D eigenvalue weighted by Gasteiger charge is -2.16. The largest absolute Gasteiger partial charge is 0.342 e. The van der Waals surface area contributed by atoms with Crippen molar-refractivity contribution in [2.75, 3.05) is 6.54 Å². The molecule has 1 heterocycles. The Kier molecular flexibility index (Phi) is 3.13. The van der Waals surface area contributed by atoms with Crippen LogP contribution in [0.15, 0.2) is 24.3 Å². The van der Waals surface area contributed by atoms with Gasteiger partial charge in [0, 0.05) is 22.6 Å². The van der Waals surface area contributed by atoms with E-state index >= 15 is 0 Å². The van der Waals surface area contributed by atoms with Gasteiger partial charge in [0.25, 0.3) is 0 Å². The Morgan fingerprint density at radius 2 is 1.94 bits per heavy atom. The van der Waals surface area contributed by atoms with E-state index in [1.807, 2.05) is 0 Å². The van der Waals surface area contributed by atoms with Crippen LogP contribution in [0.25, 0.3) is 10.9 Å². The first kappa shape index (κ1) is 11.8. The Morgan fingerprint density at radius 1 is 1.22 bits per heavy atom. The molecule has 1 aliphatic rings. The summed E-state index contributed by atoms with van der Waals surface area (Å²) in [6.45, 7) is 3.00. The molecular weight excluding hydrogens is 220 g/mol.